The number of H-pyrrole nitrogens is 2. The Balaban J connectivity index is 0.953. The molecule has 17 heteroatoms. The number of hydrogen-bond donors (Lipinski definition) is 4. The van der Waals surface area contributed by atoms with Gasteiger partial charge in [0.05, 0.1) is 55.8 Å². The van der Waals surface area contributed by atoms with Crippen molar-refractivity contribution in [2.75, 3.05) is 40.5 Å². The van der Waals surface area contributed by atoms with Crippen molar-refractivity contribution in [1.82, 2.24) is 45.4 Å². The van der Waals surface area contributed by atoms with Gasteiger partial charge in [0.25, 0.3) is 0 Å². The van der Waals surface area contributed by atoms with E-state index in [1.54, 1.807) is 34.5 Å². The summed E-state index contributed by atoms with van der Waals surface area (Å²) in [5, 5.41) is 7.19. The molecule has 4 atom stereocenters. The molecule has 3 saturated heterocycles. The van der Waals surface area contributed by atoms with Crippen molar-refractivity contribution in [2.24, 2.45) is 11.8 Å². The van der Waals surface area contributed by atoms with Crippen LogP contribution in [0.3, 0.4) is 0 Å². The number of alkyl carbamates (subject to hydrolysis) is 2. The highest BCUT2D eigenvalue weighted by atomic mass is 19.1. The van der Waals surface area contributed by atoms with Crippen LogP contribution in [0.4, 0.5) is 14.0 Å². The highest BCUT2D eigenvalue weighted by molar-refractivity contribution is 5.90. The quantitative estimate of drug-likeness (QED) is 0.111. The van der Waals surface area contributed by atoms with Crippen molar-refractivity contribution in [1.29, 1.82) is 0 Å². The molecular weight excluding hydrogens is 798 g/mol. The fraction of sp³-hybridized carbons (Fsp3) is 0.444. The summed E-state index contributed by atoms with van der Waals surface area (Å²) in [4.78, 5) is 76.0. The van der Waals surface area contributed by atoms with Gasteiger partial charge >= 0.3 is 12.2 Å². The number of amides is 4. The average Bonchev–Trinajstić information content (AvgIpc) is 4.14. The van der Waals surface area contributed by atoms with E-state index in [1.165, 1.54) is 20.3 Å². The molecule has 0 unspecified atom stereocenters. The van der Waals surface area contributed by atoms with Crippen molar-refractivity contribution in [3.8, 4) is 33.8 Å². The number of rotatable bonds is 11. The largest absolute Gasteiger partial charge is 0.453 e. The maximum atomic E-state index is 15.9. The molecule has 62 heavy (non-hydrogen) atoms. The number of carbonyl (C=O) groups excluding carboxylic acids is 4. The second-order valence-corrected chi connectivity index (χ2v) is 16.5. The van der Waals surface area contributed by atoms with E-state index in [1.807, 2.05) is 44.2 Å². The van der Waals surface area contributed by atoms with Crippen LogP contribution >= 0.6 is 0 Å². The van der Waals surface area contributed by atoms with Gasteiger partial charge < -0.3 is 44.6 Å². The summed E-state index contributed by atoms with van der Waals surface area (Å²) in [5.74, 6) is 0.262. The van der Waals surface area contributed by atoms with E-state index < -0.39 is 30.1 Å². The van der Waals surface area contributed by atoms with Crippen LogP contribution in [0.5, 0.6) is 0 Å². The Morgan fingerprint density at radius 2 is 1.34 bits per heavy atom. The van der Waals surface area contributed by atoms with Crippen LogP contribution in [0.25, 0.3) is 44.5 Å². The molecule has 0 saturated carbocycles. The number of ether oxygens (including phenoxy) is 3. The third-order valence-corrected chi connectivity index (χ3v) is 12.3. The molecule has 3 aliphatic heterocycles. The number of aromatic nitrogens is 5. The van der Waals surface area contributed by atoms with Gasteiger partial charge in [-0.15, -0.1) is 0 Å². The number of halogens is 1. The second-order valence-electron chi connectivity index (χ2n) is 16.5. The van der Waals surface area contributed by atoms with Crippen LogP contribution in [0.2, 0.25) is 0 Å². The number of benzene rings is 2. The summed E-state index contributed by atoms with van der Waals surface area (Å²) >= 11 is 0. The summed E-state index contributed by atoms with van der Waals surface area (Å²) in [5.41, 5.74) is 3.70. The normalized spacial score (nSPS) is 19.1. The van der Waals surface area contributed by atoms with E-state index in [-0.39, 0.29) is 35.7 Å². The third kappa shape index (κ3) is 8.71. The molecule has 6 heterocycles. The molecule has 4 N–H and O–H groups in total. The number of imidazole rings is 2. The van der Waals surface area contributed by atoms with E-state index in [4.69, 9.17) is 14.2 Å². The third-order valence-electron chi connectivity index (χ3n) is 12.3. The van der Waals surface area contributed by atoms with Crippen molar-refractivity contribution in [3.63, 3.8) is 0 Å². The number of nitrogens with one attached hydrogen (secondary N) is 4. The van der Waals surface area contributed by atoms with Gasteiger partial charge in [-0.25, -0.2) is 23.9 Å². The Kier molecular flexibility index (Phi) is 12.5. The van der Waals surface area contributed by atoms with Crippen molar-refractivity contribution >= 4 is 34.8 Å². The van der Waals surface area contributed by atoms with Gasteiger partial charge in [0, 0.05) is 54.6 Å². The lowest BCUT2D eigenvalue weighted by molar-refractivity contribution is -0.137. The Bertz CT molecular complexity index is 2450. The van der Waals surface area contributed by atoms with E-state index in [0.717, 1.165) is 41.3 Å². The molecule has 2 aromatic carbocycles. The number of methoxy groups -OCH3 is 2. The van der Waals surface area contributed by atoms with E-state index in [2.05, 4.69) is 35.6 Å². The topological polar surface area (TPSA) is 197 Å². The Morgan fingerprint density at radius 1 is 0.742 bits per heavy atom. The minimum atomic E-state index is -0.741. The van der Waals surface area contributed by atoms with Crippen molar-refractivity contribution < 1.29 is 37.8 Å². The molecule has 0 bridgehead atoms. The lowest BCUT2D eigenvalue weighted by Gasteiger charge is -2.34. The smallest absolute Gasteiger partial charge is 0.407 e. The van der Waals surface area contributed by atoms with Crippen LogP contribution in [0, 0.1) is 17.7 Å². The number of fused-ring (bicyclic) bond motifs is 1. The first kappa shape index (κ1) is 42.3. The predicted octanol–water partition coefficient (Wildman–Crippen LogP) is 6.68. The molecule has 16 nitrogen and oxygen atoms in total. The first-order chi connectivity index (χ1) is 30.0. The Morgan fingerprint density at radius 3 is 1.95 bits per heavy atom. The highest BCUT2D eigenvalue weighted by Crippen LogP contribution is 2.36. The molecule has 3 fully saturated rings. The molecule has 5 aromatic rings. The summed E-state index contributed by atoms with van der Waals surface area (Å²) in [6.45, 7) is 5.90. The minimum absolute atomic E-state index is 0.0751. The monoisotopic (exact) mass is 849 g/mol. The molecule has 0 aliphatic carbocycles. The van der Waals surface area contributed by atoms with E-state index in [0.29, 0.717) is 79.7 Å². The highest BCUT2D eigenvalue weighted by Gasteiger charge is 2.41. The number of hydrogen-bond acceptors (Lipinski definition) is 10. The molecular formula is C45H52FN9O7. The maximum Gasteiger partial charge on any atom is 0.407 e. The standard InChI is InChI=1S/C45H52FN9O7/c1-25(2)38(52-44(58)60-3)42(56)54-15-5-7-36(54)40-48-23-34(50-40)28-10-9-27-21-33(47-22-30(27)19-28)31-12-11-29(20-32(31)46)35-24-49-41(51-35)37-8-6-16-55(37)43(57)39(53-45(59)61-4)26-13-17-62-18-14-26/h9-12,19-26,36-39H,5-8,13-18H2,1-4H3,(H,48,50)(H,49,51)(H,52,58)(H,53,59)/t36-,37-,38-,39-/m0/s1. The summed E-state index contributed by atoms with van der Waals surface area (Å²) in [6.07, 6.45) is 8.16. The Labute approximate surface area is 358 Å². The summed E-state index contributed by atoms with van der Waals surface area (Å²) in [7, 11) is 2.56. The minimum Gasteiger partial charge on any atom is -0.453 e. The van der Waals surface area contributed by atoms with Gasteiger partial charge in [0.1, 0.15) is 29.5 Å². The average molecular weight is 850 g/mol. The fourth-order valence-electron chi connectivity index (χ4n) is 8.95. The Hall–Kier alpha value is -6.36. The first-order valence-electron chi connectivity index (χ1n) is 21.2. The van der Waals surface area contributed by atoms with Crippen LogP contribution in [-0.2, 0) is 23.8 Å². The fourth-order valence-corrected chi connectivity index (χ4v) is 8.95. The van der Waals surface area contributed by atoms with Crippen LogP contribution in [-0.4, -0.2) is 111 Å². The second kappa shape index (κ2) is 18.3. The number of carbonyl (C=O) groups is 4. The van der Waals surface area contributed by atoms with Crippen LogP contribution in [0.1, 0.15) is 76.1 Å². The number of likely N-dealkylation sites (tertiary alicyclic amines) is 2. The number of pyridine rings is 1. The SMILES string of the molecule is COC(=O)N[C@H](C(=O)N1CCC[C@H]1c1ncc(-c2ccc3cc(-c4ccc(-c5cnc([C@@H]6CCCN6C(=O)[C@@H](NC(=O)OC)C6CCOCC6)[nH]5)cc4F)ncc3c2)[nH]1)C(C)C. The first-order valence-corrected chi connectivity index (χ1v) is 21.2. The van der Waals surface area contributed by atoms with Gasteiger partial charge in [-0.1, -0.05) is 32.0 Å². The molecule has 3 aromatic heterocycles. The van der Waals surface area contributed by atoms with Gasteiger partial charge in [0.15, 0.2) is 0 Å². The number of aromatic amines is 2. The van der Waals surface area contributed by atoms with Crippen LogP contribution in [0.15, 0.2) is 61.1 Å². The maximum absolute atomic E-state index is 15.9. The zero-order valence-electron chi connectivity index (χ0n) is 35.3. The van der Waals surface area contributed by atoms with Gasteiger partial charge in [0.2, 0.25) is 11.8 Å². The molecule has 0 spiro atoms. The van der Waals surface area contributed by atoms with E-state index >= 15 is 4.39 Å². The predicted molar refractivity (Wildman–Crippen MR) is 227 cm³/mol. The molecule has 3 aliphatic rings. The number of nitrogens with zero attached hydrogens (tertiary/aromatic N) is 5. The zero-order chi connectivity index (χ0) is 43.5. The molecule has 8 rings (SSSR count). The van der Waals surface area contributed by atoms with Crippen molar-refractivity contribution in [2.45, 2.75) is 76.5 Å². The zero-order valence-corrected chi connectivity index (χ0v) is 35.3. The van der Waals surface area contributed by atoms with Gasteiger partial charge in [-0.3, -0.25) is 14.6 Å². The molecule has 0 radical (unpaired) electrons. The van der Waals surface area contributed by atoms with E-state index in [9.17, 15) is 19.2 Å². The lowest BCUT2D eigenvalue weighted by Crippen LogP contribution is -2.53. The van der Waals surface area contributed by atoms with Gasteiger partial charge in [-0.05, 0) is 80.0 Å². The van der Waals surface area contributed by atoms with Crippen LogP contribution < -0.4 is 10.6 Å². The summed E-state index contributed by atoms with van der Waals surface area (Å²) in [6, 6.07) is 10.7. The summed E-state index contributed by atoms with van der Waals surface area (Å²) < 4.78 is 31.0. The molecule has 326 valence electrons. The van der Waals surface area contributed by atoms with Gasteiger partial charge in [-0.2, -0.15) is 0 Å². The lowest BCUT2D eigenvalue weighted by atomic mass is 9.90. The van der Waals surface area contributed by atoms with Crippen molar-refractivity contribution in [3.05, 3.63) is 78.5 Å². The molecule has 4 amide bonds.